The second-order valence-corrected chi connectivity index (χ2v) is 6.93. The second kappa shape index (κ2) is 5.86. The average molecular weight is 344 g/mol. The number of amides is 2. The lowest BCUT2D eigenvalue weighted by molar-refractivity contribution is -0.127. The highest BCUT2D eigenvalue weighted by atomic mass is 32.1. The predicted molar refractivity (Wildman–Crippen MR) is 89.4 cm³/mol. The first-order valence-electron chi connectivity index (χ1n) is 7.82. The fourth-order valence-corrected chi connectivity index (χ4v) is 3.53. The second-order valence-electron chi connectivity index (χ2n) is 5.92. The summed E-state index contributed by atoms with van der Waals surface area (Å²) in [6.07, 6.45) is 1.66. The van der Waals surface area contributed by atoms with Crippen molar-refractivity contribution < 1.29 is 14.3 Å². The summed E-state index contributed by atoms with van der Waals surface area (Å²) in [5.41, 5.74) is 0.603. The summed E-state index contributed by atoms with van der Waals surface area (Å²) in [5, 5.41) is 12.3. The molecule has 1 N–H and O–H groups in total. The van der Waals surface area contributed by atoms with Gasteiger partial charge in [-0.2, -0.15) is 0 Å². The Morgan fingerprint density at radius 1 is 1.38 bits per heavy atom. The van der Waals surface area contributed by atoms with E-state index in [2.05, 4.69) is 15.5 Å². The molecule has 2 aromatic rings. The molecule has 1 aliphatic heterocycles. The van der Waals surface area contributed by atoms with E-state index in [1.807, 2.05) is 12.1 Å². The number of fused-ring (bicyclic) bond motifs is 1. The Morgan fingerprint density at radius 3 is 2.96 bits per heavy atom. The number of benzene rings is 1. The Kier molecular flexibility index (Phi) is 3.68. The Bertz CT molecular complexity index is 802. The van der Waals surface area contributed by atoms with Crippen LogP contribution in [0.3, 0.4) is 0 Å². The Hall–Kier alpha value is -2.48. The van der Waals surface area contributed by atoms with Gasteiger partial charge in [0, 0.05) is 5.92 Å². The predicted octanol–water partition coefficient (Wildman–Crippen LogP) is 2.17. The highest BCUT2D eigenvalue weighted by Gasteiger charge is 2.33. The molecule has 1 atom stereocenters. The molecule has 0 spiro atoms. The van der Waals surface area contributed by atoms with Crippen LogP contribution in [0.25, 0.3) is 0 Å². The van der Waals surface area contributed by atoms with Crippen molar-refractivity contribution in [3.05, 3.63) is 29.3 Å². The summed E-state index contributed by atoms with van der Waals surface area (Å²) in [4.78, 5) is 26.1. The number of para-hydroxylation sites is 2. The Morgan fingerprint density at radius 2 is 2.17 bits per heavy atom. The number of ether oxygens (including phenoxy) is 1. The summed E-state index contributed by atoms with van der Waals surface area (Å²) in [6.45, 7) is 1.59. The van der Waals surface area contributed by atoms with Crippen molar-refractivity contribution >= 4 is 34.0 Å². The molecule has 8 heteroatoms. The van der Waals surface area contributed by atoms with E-state index in [1.165, 1.54) is 16.2 Å². The number of hydrogen-bond donors (Lipinski definition) is 1. The Labute approximate surface area is 142 Å². The van der Waals surface area contributed by atoms with Crippen LogP contribution in [0.5, 0.6) is 5.75 Å². The van der Waals surface area contributed by atoms with Gasteiger partial charge in [-0.3, -0.25) is 19.8 Å². The van der Waals surface area contributed by atoms with Crippen molar-refractivity contribution in [2.75, 3.05) is 16.8 Å². The molecule has 1 fully saturated rings. The number of rotatable bonds is 4. The summed E-state index contributed by atoms with van der Waals surface area (Å²) < 4.78 is 5.57. The zero-order valence-corrected chi connectivity index (χ0v) is 13.9. The molecular weight excluding hydrogens is 328 g/mol. The third-order valence-corrected chi connectivity index (χ3v) is 4.99. The first-order valence-corrected chi connectivity index (χ1v) is 8.64. The molecule has 2 amide bonds. The highest BCUT2D eigenvalue weighted by molar-refractivity contribution is 7.15. The number of carbonyl (C=O) groups excluding carboxylic acids is 2. The summed E-state index contributed by atoms with van der Waals surface area (Å²) in [6, 6.07) is 7.20. The lowest BCUT2D eigenvalue weighted by atomic mass is 10.2. The van der Waals surface area contributed by atoms with Crippen LogP contribution in [0.1, 0.15) is 30.7 Å². The molecule has 4 rings (SSSR count). The maximum Gasteiger partial charge on any atom is 0.268 e. The van der Waals surface area contributed by atoms with Gasteiger partial charge < -0.3 is 4.74 Å². The summed E-state index contributed by atoms with van der Waals surface area (Å²) in [5.74, 6) is 0.566. The van der Waals surface area contributed by atoms with E-state index in [0.717, 1.165) is 17.8 Å². The van der Waals surface area contributed by atoms with Crippen LogP contribution in [-0.4, -0.2) is 34.7 Å². The van der Waals surface area contributed by atoms with Crippen molar-refractivity contribution in [1.29, 1.82) is 0 Å². The van der Waals surface area contributed by atoms with Gasteiger partial charge >= 0.3 is 0 Å². The Balaban J connectivity index is 1.48. The SMILES string of the molecule is C[C@@H]1Oc2ccccc2N(CC(=O)Nc2nnc(C3CC3)s2)C1=O. The van der Waals surface area contributed by atoms with Crippen LogP contribution in [0.2, 0.25) is 0 Å². The minimum Gasteiger partial charge on any atom is -0.479 e. The van der Waals surface area contributed by atoms with Crippen molar-refractivity contribution in [2.24, 2.45) is 0 Å². The smallest absolute Gasteiger partial charge is 0.268 e. The standard InChI is InChI=1S/C16H16N4O3S/c1-9-15(22)20(11-4-2-3-5-12(11)23-9)8-13(21)17-16-19-18-14(24-16)10-6-7-10/h2-5,9-10H,6-8H2,1H3,(H,17,19,21)/t9-/m0/s1. The normalized spacial score (nSPS) is 19.6. The van der Waals surface area contributed by atoms with Gasteiger partial charge in [-0.25, -0.2) is 0 Å². The highest BCUT2D eigenvalue weighted by Crippen LogP contribution is 2.42. The molecule has 124 valence electrons. The van der Waals surface area contributed by atoms with E-state index in [9.17, 15) is 9.59 Å². The van der Waals surface area contributed by atoms with Crippen LogP contribution in [0, 0.1) is 0 Å². The molecule has 24 heavy (non-hydrogen) atoms. The van der Waals surface area contributed by atoms with Gasteiger partial charge in [0.25, 0.3) is 5.91 Å². The third kappa shape index (κ3) is 2.84. The minimum absolute atomic E-state index is 0.0815. The lowest BCUT2D eigenvalue weighted by Gasteiger charge is -2.32. The van der Waals surface area contributed by atoms with E-state index in [1.54, 1.807) is 19.1 Å². The molecule has 1 aromatic carbocycles. The molecule has 7 nitrogen and oxygen atoms in total. The molecule has 1 aromatic heterocycles. The average Bonchev–Trinajstić information content (AvgIpc) is 3.32. The van der Waals surface area contributed by atoms with E-state index in [-0.39, 0.29) is 18.4 Å². The maximum atomic E-state index is 12.4. The van der Waals surface area contributed by atoms with Crippen molar-refractivity contribution in [1.82, 2.24) is 10.2 Å². The van der Waals surface area contributed by atoms with Gasteiger partial charge in [0.15, 0.2) is 6.10 Å². The largest absolute Gasteiger partial charge is 0.479 e. The van der Waals surface area contributed by atoms with Gasteiger partial charge in [0.2, 0.25) is 11.0 Å². The van der Waals surface area contributed by atoms with E-state index >= 15 is 0 Å². The third-order valence-electron chi connectivity index (χ3n) is 3.99. The number of carbonyl (C=O) groups is 2. The van der Waals surface area contributed by atoms with Gasteiger partial charge in [-0.1, -0.05) is 23.5 Å². The monoisotopic (exact) mass is 344 g/mol. The van der Waals surface area contributed by atoms with Gasteiger partial charge in [-0.15, -0.1) is 10.2 Å². The van der Waals surface area contributed by atoms with Crippen LogP contribution in [-0.2, 0) is 9.59 Å². The first kappa shape index (κ1) is 15.1. The number of hydrogen-bond acceptors (Lipinski definition) is 6. The van der Waals surface area contributed by atoms with Crippen molar-refractivity contribution in [3.63, 3.8) is 0 Å². The molecule has 0 radical (unpaired) electrons. The zero-order valence-electron chi connectivity index (χ0n) is 13.1. The van der Waals surface area contributed by atoms with E-state index in [4.69, 9.17) is 4.74 Å². The fourth-order valence-electron chi connectivity index (χ4n) is 2.60. The number of anilines is 2. The van der Waals surface area contributed by atoms with Crippen LogP contribution < -0.4 is 15.0 Å². The number of nitrogens with zero attached hydrogens (tertiary/aromatic N) is 3. The van der Waals surface area contributed by atoms with Gasteiger partial charge in [0.1, 0.15) is 17.3 Å². The molecule has 0 saturated heterocycles. The zero-order chi connectivity index (χ0) is 16.7. The molecule has 2 aliphatic rings. The molecule has 1 saturated carbocycles. The topological polar surface area (TPSA) is 84.4 Å². The van der Waals surface area contributed by atoms with Crippen LogP contribution in [0.15, 0.2) is 24.3 Å². The van der Waals surface area contributed by atoms with Gasteiger partial charge in [0.05, 0.1) is 5.69 Å². The molecule has 2 heterocycles. The maximum absolute atomic E-state index is 12.4. The number of aromatic nitrogens is 2. The number of nitrogens with one attached hydrogen (secondary N) is 1. The lowest BCUT2D eigenvalue weighted by Crippen LogP contribution is -2.47. The van der Waals surface area contributed by atoms with E-state index in [0.29, 0.717) is 22.5 Å². The van der Waals surface area contributed by atoms with Gasteiger partial charge in [-0.05, 0) is 31.9 Å². The molecule has 0 bridgehead atoms. The van der Waals surface area contributed by atoms with Crippen LogP contribution in [0.4, 0.5) is 10.8 Å². The van der Waals surface area contributed by atoms with Crippen molar-refractivity contribution in [2.45, 2.75) is 31.8 Å². The summed E-state index contributed by atoms with van der Waals surface area (Å²) >= 11 is 1.40. The fraction of sp³-hybridized carbons (Fsp3) is 0.375. The quantitative estimate of drug-likeness (QED) is 0.919. The summed E-state index contributed by atoms with van der Waals surface area (Å²) in [7, 11) is 0. The van der Waals surface area contributed by atoms with E-state index < -0.39 is 6.10 Å². The minimum atomic E-state index is -0.615. The van der Waals surface area contributed by atoms with Crippen LogP contribution >= 0.6 is 11.3 Å². The molecule has 1 aliphatic carbocycles. The first-order chi connectivity index (χ1) is 11.6. The molecule has 0 unspecified atom stereocenters. The van der Waals surface area contributed by atoms with Crippen molar-refractivity contribution in [3.8, 4) is 5.75 Å². The molecular formula is C16H16N4O3S.